The van der Waals surface area contributed by atoms with Gasteiger partial charge in [-0.2, -0.15) is 0 Å². The van der Waals surface area contributed by atoms with Gasteiger partial charge < -0.3 is 19.7 Å². The Bertz CT molecular complexity index is 999. The average Bonchev–Trinajstić information content (AvgIpc) is 3.50. The minimum Gasteiger partial charge on any atom is -0.458 e. The maximum Gasteiger partial charge on any atom is 0.309 e. The van der Waals surface area contributed by atoms with Gasteiger partial charge in [0, 0.05) is 25.0 Å². The molecule has 1 aromatic heterocycles. The number of fused-ring (bicyclic) bond motifs is 1. The molecular weight excluding hydrogens is 470 g/mol. The summed E-state index contributed by atoms with van der Waals surface area (Å²) in [5.74, 6) is 0.797. The number of hydrogen-bond donors (Lipinski definition) is 2. The molecule has 202 valence electrons. The molecule has 2 N–H and O–H groups in total. The number of carbonyl (C=O) groups is 2. The number of pyridine rings is 1. The zero-order valence-electron chi connectivity index (χ0n) is 22.4. The van der Waals surface area contributed by atoms with Crippen LogP contribution in [-0.2, 0) is 19.1 Å². The van der Waals surface area contributed by atoms with Crippen molar-refractivity contribution in [3.05, 3.63) is 36.2 Å². The predicted octanol–water partition coefficient (Wildman–Crippen LogP) is 4.11. The summed E-state index contributed by atoms with van der Waals surface area (Å²) < 4.78 is 11.8. The van der Waals surface area contributed by atoms with Crippen molar-refractivity contribution in [2.75, 3.05) is 0 Å². The highest BCUT2D eigenvalue weighted by molar-refractivity contribution is 5.88. The van der Waals surface area contributed by atoms with E-state index in [-0.39, 0.29) is 29.8 Å². The number of aromatic nitrogens is 1. The Morgan fingerprint density at radius 1 is 1.24 bits per heavy atom. The smallest absolute Gasteiger partial charge is 0.309 e. The largest absolute Gasteiger partial charge is 0.458 e. The number of cyclic esters (lactones) is 1. The van der Waals surface area contributed by atoms with Gasteiger partial charge in [-0.05, 0) is 56.4 Å². The molecule has 3 rings (SSSR count). The summed E-state index contributed by atoms with van der Waals surface area (Å²) in [5.41, 5.74) is -0.860. The van der Waals surface area contributed by atoms with Crippen molar-refractivity contribution in [3.8, 4) is 12.3 Å². The predicted molar refractivity (Wildman–Crippen MR) is 141 cm³/mol. The maximum absolute atomic E-state index is 13.6. The Balaban J connectivity index is 1.84. The first kappa shape index (κ1) is 29.0. The van der Waals surface area contributed by atoms with E-state index in [0.717, 1.165) is 25.0 Å². The topological polar surface area (TPSA) is 109 Å². The lowest BCUT2D eigenvalue weighted by Crippen LogP contribution is -2.46. The molecule has 2 fully saturated rings. The van der Waals surface area contributed by atoms with E-state index in [1.807, 2.05) is 25.1 Å². The number of Topliss-reactive ketones (excluding diaryl/α,β-unsaturated/α-hetero) is 1. The van der Waals surface area contributed by atoms with Gasteiger partial charge in [0.05, 0.1) is 41.4 Å². The van der Waals surface area contributed by atoms with Crippen LogP contribution in [0.15, 0.2) is 30.5 Å². The number of terminal acetylenes is 1. The van der Waals surface area contributed by atoms with Gasteiger partial charge in [0.2, 0.25) is 0 Å². The molecule has 37 heavy (non-hydrogen) atoms. The van der Waals surface area contributed by atoms with Gasteiger partial charge >= 0.3 is 5.97 Å². The Morgan fingerprint density at radius 3 is 2.68 bits per heavy atom. The van der Waals surface area contributed by atoms with E-state index >= 15 is 0 Å². The number of epoxide rings is 1. The second-order valence-electron chi connectivity index (χ2n) is 11.3. The van der Waals surface area contributed by atoms with Crippen LogP contribution in [0, 0.1) is 29.6 Å². The highest BCUT2D eigenvalue weighted by atomic mass is 16.6. The minimum absolute atomic E-state index is 0.0712. The van der Waals surface area contributed by atoms with E-state index in [0.29, 0.717) is 19.3 Å². The summed E-state index contributed by atoms with van der Waals surface area (Å²) in [6.07, 6.45) is 11.1. The first-order chi connectivity index (χ1) is 17.5. The molecule has 0 bridgehead atoms. The third kappa shape index (κ3) is 7.50. The number of aliphatic hydroxyl groups excluding tert-OH is 2. The van der Waals surface area contributed by atoms with E-state index < -0.39 is 35.6 Å². The molecule has 2 aliphatic rings. The zero-order valence-corrected chi connectivity index (χ0v) is 22.4. The number of carbonyl (C=O) groups excluding carboxylic acids is 2. The van der Waals surface area contributed by atoms with Crippen LogP contribution in [0.3, 0.4) is 0 Å². The van der Waals surface area contributed by atoms with Crippen molar-refractivity contribution >= 4 is 17.8 Å². The summed E-state index contributed by atoms with van der Waals surface area (Å²) in [6.45, 7) is 7.21. The summed E-state index contributed by atoms with van der Waals surface area (Å²) in [4.78, 5) is 30.8. The molecule has 3 heterocycles. The number of nitrogens with zero attached hydrogens (tertiary/aromatic N) is 1. The van der Waals surface area contributed by atoms with Crippen molar-refractivity contribution in [3.63, 3.8) is 0 Å². The highest BCUT2D eigenvalue weighted by Crippen LogP contribution is 2.44. The van der Waals surface area contributed by atoms with Gasteiger partial charge in [0.25, 0.3) is 0 Å². The SMILES string of the molecule is C#CCCC1C(=O)C(C)(C)C(O)CC(=O)OC(C=Cc2ccccn2)CC2OC2(C)CCCC(C)C1O. The summed E-state index contributed by atoms with van der Waals surface area (Å²) in [5, 5.41) is 22.1. The molecule has 7 nitrogen and oxygen atoms in total. The van der Waals surface area contributed by atoms with Crippen LogP contribution in [0.4, 0.5) is 0 Å². The van der Waals surface area contributed by atoms with Crippen LogP contribution >= 0.6 is 0 Å². The lowest BCUT2D eigenvalue weighted by atomic mass is 9.71. The van der Waals surface area contributed by atoms with E-state index in [4.69, 9.17) is 15.9 Å². The number of esters is 1. The van der Waals surface area contributed by atoms with Crippen LogP contribution < -0.4 is 0 Å². The average molecular weight is 512 g/mol. The number of aliphatic hydroxyl groups is 2. The second-order valence-corrected chi connectivity index (χ2v) is 11.3. The first-order valence-corrected chi connectivity index (χ1v) is 13.3. The lowest BCUT2D eigenvalue weighted by Gasteiger charge is -2.36. The number of ether oxygens (including phenoxy) is 2. The Hall–Kier alpha value is -2.53. The van der Waals surface area contributed by atoms with Crippen molar-refractivity contribution < 1.29 is 29.3 Å². The van der Waals surface area contributed by atoms with Crippen LogP contribution in [0.25, 0.3) is 6.08 Å². The molecule has 7 unspecified atom stereocenters. The molecule has 7 atom stereocenters. The van der Waals surface area contributed by atoms with Gasteiger partial charge in [0.1, 0.15) is 11.9 Å². The van der Waals surface area contributed by atoms with Crippen LogP contribution in [0.1, 0.15) is 78.3 Å². The quantitative estimate of drug-likeness (QED) is 0.356. The Labute approximate surface area is 220 Å². The van der Waals surface area contributed by atoms with E-state index in [2.05, 4.69) is 17.8 Å². The fraction of sp³-hybridized carbons (Fsp3) is 0.633. The van der Waals surface area contributed by atoms with Crippen molar-refractivity contribution in [2.45, 2.75) is 103 Å². The first-order valence-electron chi connectivity index (χ1n) is 13.3. The number of rotatable bonds is 4. The van der Waals surface area contributed by atoms with Crippen LogP contribution in [-0.4, -0.2) is 57.0 Å². The normalized spacial score (nSPS) is 35.4. The van der Waals surface area contributed by atoms with Crippen molar-refractivity contribution in [2.24, 2.45) is 17.3 Å². The van der Waals surface area contributed by atoms with Crippen LogP contribution in [0.2, 0.25) is 0 Å². The highest BCUT2D eigenvalue weighted by Gasteiger charge is 2.52. The van der Waals surface area contributed by atoms with Gasteiger partial charge in [-0.25, -0.2) is 0 Å². The maximum atomic E-state index is 13.6. The Morgan fingerprint density at radius 2 is 2.00 bits per heavy atom. The molecule has 7 heteroatoms. The number of hydrogen-bond acceptors (Lipinski definition) is 7. The molecule has 0 saturated carbocycles. The third-order valence-electron chi connectivity index (χ3n) is 8.03. The minimum atomic E-state index is -1.28. The van der Waals surface area contributed by atoms with E-state index in [1.165, 1.54) is 0 Å². The van der Waals surface area contributed by atoms with Gasteiger partial charge in [0.15, 0.2) is 0 Å². The Kier molecular flexibility index (Phi) is 9.68. The molecule has 2 aliphatic heterocycles. The second kappa shape index (κ2) is 12.3. The fourth-order valence-electron chi connectivity index (χ4n) is 5.18. The molecule has 0 amide bonds. The lowest BCUT2D eigenvalue weighted by molar-refractivity contribution is -0.154. The molecular formula is C30H41NO6. The van der Waals surface area contributed by atoms with Gasteiger partial charge in [-0.15, -0.1) is 12.3 Å². The molecule has 0 aliphatic carbocycles. The molecule has 1 aromatic rings. The molecule has 0 radical (unpaired) electrons. The standard InChI is InChI=1S/C30H41NO6/c1-6-7-13-23-27(34)20(2)11-10-16-30(5)25(37-30)18-22(15-14-21-12-8-9-17-31-21)36-26(33)19-24(32)29(3,4)28(23)35/h1,8-9,12,14-15,17,20,22-25,27,32,34H,7,10-11,13,16,18-19H2,2-5H3. The molecule has 0 spiro atoms. The summed E-state index contributed by atoms with van der Waals surface area (Å²) in [6, 6.07) is 5.56. The van der Waals surface area contributed by atoms with Crippen LogP contribution in [0.5, 0.6) is 0 Å². The van der Waals surface area contributed by atoms with Crippen molar-refractivity contribution in [1.29, 1.82) is 0 Å². The van der Waals surface area contributed by atoms with Gasteiger partial charge in [-0.1, -0.05) is 33.3 Å². The summed E-state index contributed by atoms with van der Waals surface area (Å²) in [7, 11) is 0. The molecule has 0 aromatic carbocycles. The van der Waals surface area contributed by atoms with E-state index in [1.54, 1.807) is 32.2 Å². The monoisotopic (exact) mass is 511 g/mol. The fourth-order valence-corrected chi connectivity index (χ4v) is 5.18. The molecule has 2 saturated heterocycles. The third-order valence-corrected chi connectivity index (χ3v) is 8.03. The van der Waals surface area contributed by atoms with Gasteiger partial charge in [-0.3, -0.25) is 14.6 Å². The summed E-state index contributed by atoms with van der Waals surface area (Å²) >= 11 is 0. The number of ketones is 1. The van der Waals surface area contributed by atoms with E-state index in [9.17, 15) is 19.8 Å². The zero-order chi connectivity index (χ0) is 27.2. The van der Waals surface area contributed by atoms with Crippen molar-refractivity contribution in [1.82, 2.24) is 4.98 Å².